The normalized spacial score (nSPS) is 11.4. The van der Waals surface area contributed by atoms with Gasteiger partial charge in [-0.1, -0.05) is 24.8 Å². The third-order valence-corrected chi connectivity index (χ3v) is 3.85. The van der Waals surface area contributed by atoms with Gasteiger partial charge in [-0.3, -0.25) is 0 Å². The van der Waals surface area contributed by atoms with Gasteiger partial charge in [-0.15, -0.1) is 0 Å². The molecule has 0 aliphatic carbocycles. The predicted molar refractivity (Wildman–Crippen MR) is 91.2 cm³/mol. The Morgan fingerprint density at radius 3 is 2.79 bits per heavy atom. The largest absolute Gasteiger partial charge is 0.488 e. The van der Waals surface area contributed by atoms with Gasteiger partial charge in [-0.2, -0.15) is 9.36 Å². The summed E-state index contributed by atoms with van der Waals surface area (Å²) in [7, 11) is 3.41. The van der Waals surface area contributed by atoms with Crippen LogP contribution in [0.5, 0.6) is 5.75 Å². The minimum Gasteiger partial charge on any atom is -0.488 e. The van der Waals surface area contributed by atoms with Crippen LogP contribution in [-0.4, -0.2) is 24.4 Å². The smallest absolute Gasteiger partial charge is 0.368 e. The fraction of sp³-hybridized carbons (Fsp3) is 0.235. The maximum Gasteiger partial charge on any atom is 0.368 e. The first-order valence-corrected chi connectivity index (χ1v) is 7.42. The molecule has 1 aromatic carbocycles. The zero-order valence-corrected chi connectivity index (χ0v) is 13.9. The van der Waals surface area contributed by atoms with Gasteiger partial charge in [-0.05, 0) is 35.1 Å². The fourth-order valence-corrected chi connectivity index (χ4v) is 2.55. The molecule has 0 unspecified atom stereocenters. The molecule has 0 spiro atoms. The second-order valence-corrected chi connectivity index (χ2v) is 5.47. The van der Waals surface area contributed by atoms with E-state index in [1.807, 2.05) is 18.5 Å². The molecule has 0 bridgehead atoms. The summed E-state index contributed by atoms with van der Waals surface area (Å²) < 4.78 is 17.8. The first kappa shape index (κ1) is 14.5. The van der Waals surface area contributed by atoms with E-state index in [9.17, 15) is 4.79 Å². The number of rotatable bonds is 5. The third-order valence-electron chi connectivity index (χ3n) is 3.85. The highest BCUT2D eigenvalue weighted by Gasteiger charge is 2.18. The van der Waals surface area contributed by atoms with E-state index in [2.05, 4.69) is 17.0 Å². The van der Waals surface area contributed by atoms with Crippen molar-refractivity contribution in [2.24, 2.45) is 14.1 Å². The van der Waals surface area contributed by atoms with Crippen LogP contribution in [0, 0.1) is 6.92 Å². The standard InChI is InChI=1S/C17H19N5O2/c1-5-14-13(11-24-16-9-7-6-8-12(16)2)15(10-20(14)3)22-17(23)21(4)18-19-22/h5-10H,1,11H2,2-4H3/i6T. The number of nitrogens with zero attached hydrogens (tertiary/aromatic N) is 5. The molecule has 0 fully saturated rings. The van der Waals surface area contributed by atoms with Gasteiger partial charge in [0.05, 0.1) is 7.06 Å². The van der Waals surface area contributed by atoms with Crippen molar-refractivity contribution in [1.29, 1.82) is 0 Å². The Kier molecular flexibility index (Phi) is 3.74. The molecular weight excluding hydrogens is 306 g/mol. The van der Waals surface area contributed by atoms with Crippen molar-refractivity contribution in [2.75, 3.05) is 0 Å². The molecule has 24 heavy (non-hydrogen) atoms. The van der Waals surface area contributed by atoms with E-state index in [-0.39, 0.29) is 12.3 Å². The van der Waals surface area contributed by atoms with Gasteiger partial charge >= 0.3 is 5.69 Å². The highest BCUT2D eigenvalue weighted by Crippen LogP contribution is 2.24. The summed E-state index contributed by atoms with van der Waals surface area (Å²) in [4.78, 5) is 12.2. The Bertz CT molecular complexity index is 999. The molecule has 7 nitrogen and oxygen atoms in total. The summed E-state index contributed by atoms with van der Waals surface area (Å²) in [5.74, 6) is 0.687. The first-order chi connectivity index (χ1) is 11.9. The number of hydrogen-bond acceptors (Lipinski definition) is 4. The fourth-order valence-electron chi connectivity index (χ4n) is 2.55. The number of para-hydroxylation sites is 1. The SMILES string of the molecule is [3H]c1ccc(OCc2c(-n3nnn(C)c3=O)cn(C)c2C=C)c(C)c1. The van der Waals surface area contributed by atoms with Gasteiger partial charge in [0.15, 0.2) is 0 Å². The highest BCUT2D eigenvalue weighted by molar-refractivity contribution is 5.56. The molecule has 0 aliphatic rings. The lowest BCUT2D eigenvalue weighted by molar-refractivity contribution is 0.303. The molecule has 0 saturated carbocycles. The molecule has 124 valence electrons. The lowest BCUT2D eigenvalue weighted by Crippen LogP contribution is -2.22. The molecule has 7 heteroatoms. The number of aryl methyl sites for hydroxylation is 3. The van der Waals surface area contributed by atoms with Crippen molar-refractivity contribution in [2.45, 2.75) is 13.5 Å². The van der Waals surface area contributed by atoms with Crippen LogP contribution in [0.25, 0.3) is 11.8 Å². The van der Waals surface area contributed by atoms with E-state index in [4.69, 9.17) is 6.11 Å². The summed E-state index contributed by atoms with van der Waals surface area (Å²) in [6.07, 6.45) is 3.51. The van der Waals surface area contributed by atoms with Crippen LogP contribution in [0.4, 0.5) is 0 Å². The Labute approximate surface area is 140 Å². The van der Waals surface area contributed by atoms with Gasteiger partial charge in [-0.25, -0.2) is 4.79 Å². The van der Waals surface area contributed by atoms with E-state index >= 15 is 0 Å². The lowest BCUT2D eigenvalue weighted by Gasteiger charge is -2.10. The molecule has 3 aromatic rings. The minimum atomic E-state index is -0.336. The van der Waals surface area contributed by atoms with E-state index in [0.717, 1.165) is 16.8 Å². The van der Waals surface area contributed by atoms with Crippen molar-refractivity contribution in [3.05, 3.63) is 64.3 Å². The highest BCUT2D eigenvalue weighted by atomic mass is 16.5. The predicted octanol–water partition coefficient (Wildman–Crippen LogP) is 1.83. The van der Waals surface area contributed by atoms with E-state index < -0.39 is 0 Å². The van der Waals surface area contributed by atoms with Gasteiger partial charge in [0.1, 0.15) is 12.4 Å². The van der Waals surface area contributed by atoms with Crippen LogP contribution in [0.3, 0.4) is 0 Å². The van der Waals surface area contributed by atoms with E-state index in [1.54, 1.807) is 37.5 Å². The topological polar surface area (TPSA) is 66.9 Å². The second kappa shape index (κ2) is 6.19. The van der Waals surface area contributed by atoms with Gasteiger partial charge < -0.3 is 9.30 Å². The van der Waals surface area contributed by atoms with Crippen LogP contribution in [-0.2, 0) is 20.7 Å². The summed E-state index contributed by atoms with van der Waals surface area (Å²) >= 11 is 0. The quantitative estimate of drug-likeness (QED) is 0.717. The van der Waals surface area contributed by atoms with Crippen LogP contribution in [0.1, 0.15) is 18.2 Å². The third kappa shape index (κ3) is 2.64. The number of tetrazole rings is 1. The summed E-state index contributed by atoms with van der Waals surface area (Å²) in [5, 5.41) is 7.67. The molecule has 2 heterocycles. The molecule has 0 atom stereocenters. The van der Waals surface area contributed by atoms with Gasteiger partial charge in [0.2, 0.25) is 0 Å². The molecular formula is C17H19N5O2. The molecule has 0 N–H and O–H groups in total. The molecule has 3 rings (SSSR count). The van der Waals surface area contributed by atoms with Crippen LogP contribution in [0.2, 0.25) is 0 Å². The Morgan fingerprint density at radius 2 is 2.17 bits per heavy atom. The maximum atomic E-state index is 12.2. The van der Waals surface area contributed by atoms with E-state index in [1.165, 1.54) is 9.36 Å². The number of hydrogen-bond donors (Lipinski definition) is 0. The summed E-state index contributed by atoms with van der Waals surface area (Å²) in [6.45, 7) is 5.97. The summed E-state index contributed by atoms with van der Waals surface area (Å²) in [6, 6.07) is 5.62. The Balaban J connectivity index is 2.01. The van der Waals surface area contributed by atoms with Crippen LogP contribution >= 0.6 is 0 Å². The molecule has 0 radical (unpaired) electrons. The average Bonchev–Trinajstić information content (AvgIpc) is 3.06. The van der Waals surface area contributed by atoms with Crippen molar-refractivity contribution in [1.82, 2.24) is 24.4 Å². The maximum absolute atomic E-state index is 12.2. The number of ether oxygens (including phenoxy) is 1. The van der Waals surface area contributed by atoms with Gasteiger partial charge in [0.25, 0.3) is 0 Å². The zero-order valence-electron chi connectivity index (χ0n) is 14.9. The van der Waals surface area contributed by atoms with Crippen molar-refractivity contribution in [3.63, 3.8) is 0 Å². The number of benzene rings is 1. The van der Waals surface area contributed by atoms with Crippen molar-refractivity contribution >= 4 is 6.08 Å². The Morgan fingerprint density at radius 1 is 1.38 bits per heavy atom. The van der Waals surface area contributed by atoms with Crippen molar-refractivity contribution < 1.29 is 6.11 Å². The van der Waals surface area contributed by atoms with Crippen molar-refractivity contribution in [3.8, 4) is 11.4 Å². The molecule has 0 amide bonds. The lowest BCUT2D eigenvalue weighted by atomic mass is 10.2. The molecule has 0 saturated heterocycles. The first-order valence-electron chi connectivity index (χ1n) is 7.92. The molecule has 2 aromatic heterocycles. The number of aromatic nitrogens is 5. The average molecular weight is 327 g/mol. The zero-order chi connectivity index (χ0) is 18.1. The van der Waals surface area contributed by atoms with Crippen LogP contribution < -0.4 is 10.4 Å². The molecule has 0 aliphatic heterocycles. The Hall–Kier alpha value is -3.09. The van der Waals surface area contributed by atoms with E-state index in [0.29, 0.717) is 17.5 Å². The monoisotopic (exact) mass is 327 g/mol. The second-order valence-electron chi connectivity index (χ2n) is 5.47. The minimum absolute atomic E-state index is 0.235. The summed E-state index contributed by atoms with van der Waals surface area (Å²) in [5.41, 5.74) is 2.76. The van der Waals surface area contributed by atoms with Gasteiger partial charge in [0, 0.05) is 31.5 Å². The van der Waals surface area contributed by atoms with Crippen LogP contribution in [0.15, 0.2) is 41.8 Å².